The van der Waals surface area contributed by atoms with Gasteiger partial charge in [0.15, 0.2) is 0 Å². The van der Waals surface area contributed by atoms with Gasteiger partial charge in [0.05, 0.1) is 0 Å². The molecule has 0 aromatic heterocycles. The lowest BCUT2D eigenvalue weighted by Crippen LogP contribution is -2.29. The third kappa shape index (κ3) is 3.19. The summed E-state index contributed by atoms with van der Waals surface area (Å²) < 4.78 is 5.32. The monoisotopic (exact) mass is 265 g/mol. The van der Waals surface area contributed by atoms with Gasteiger partial charge in [0, 0.05) is 13.1 Å². The van der Waals surface area contributed by atoms with E-state index < -0.39 is 0 Å². The second-order valence-corrected chi connectivity index (χ2v) is 5.23. The molecule has 98 valence electrons. The second-order valence-electron chi connectivity index (χ2n) is 4.87. The van der Waals surface area contributed by atoms with Gasteiger partial charge in [-0.25, -0.2) is 4.79 Å². The predicted octanol–water partition coefficient (Wildman–Crippen LogP) is 2.82. The number of amides is 1. The number of rotatable bonds is 3. The van der Waals surface area contributed by atoms with E-state index in [0.29, 0.717) is 18.4 Å². The van der Waals surface area contributed by atoms with Crippen LogP contribution < -0.4 is 0 Å². The molecule has 2 rings (SSSR count). The Balaban J connectivity index is 1.82. The van der Waals surface area contributed by atoms with E-state index in [0.717, 1.165) is 24.4 Å². The Bertz CT molecular complexity index is 396. The lowest BCUT2D eigenvalue weighted by atomic mass is 10.0. The number of nitrogens with zero attached hydrogens (tertiary/aromatic N) is 1. The van der Waals surface area contributed by atoms with Crippen LogP contribution in [0.15, 0.2) is 30.3 Å². The minimum absolute atomic E-state index is 0.213. The van der Waals surface area contributed by atoms with Crippen molar-refractivity contribution in [2.75, 3.05) is 18.8 Å². The zero-order chi connectivity index (χ0) is 13.0. The fourth-order valence-corrected chi connectivity index (χ4v) is 2.71. The molecule has 3 nitrogen and oxygen atoms in total. The number of likely N-dealkylation sites (tertiary alicyclic amines) is 1. The molecule has 1 aromatic carbocycles. The van der Waals surface area contributed by atoms with Gasteiger partial charge in [-0.1, -0.05) is 37.3 Å². The van der Waals surface area contributed by atoms with Crippen LogP contribution in [0.3, 0.4) is 0 Å². The van der Waals surface area contributed by atoms with Crippen LogP contribution in [0.5, 0.6) is 0 Å². The van der Waals surface area contributed by atoms with Crippen LogP contribution >= 0.6 is 12.6 Å². The molecule has 1 heterocycles. The second kappa shape index (κ2) is 6.14. The molecule has 0 spiro atoms. The quantitative estimate of drug-likeness (QED) is 0.852. The van der Waals surface area contributed by atoms with Crippen molar-refractivity contribution in [3.63, 3.8) is 0 Å². The zero-order valence-electron chi connectivity index (χ0n) is 10.6. The fourth-order valence-electron chi connectivity index (χ4n) is 2.23. The maximum Gasteiger partial charge on any atom is 0.410 e. The molecule has 4 heteroatoms. The SMILES string of the molecule is CC1CN(C(=O)OCc2ccccc2)CC1CS. The zero-order valence-corrected chi connectivity index (χ0v) is 11.5. The lowest BCUT2D eigenvalue weighted by molar-refractivity contribution is 0.103. The summed E-state index contributed by atoms with van der Waals surface area (Å²) in [6.45, 7) is 4.04. The molecule has 18 heavy (non-hydrogen) atoms. The van der Waals surface area contributed by atoms with Gasteiger partial charge in [-0.3, -0.25) is 0 Å². The summed E-state index contributed by atoms with van der Waals surface area (Å²) >= 11 is 4.31. The molecule has 1 aliphatic rings. The molecule has 1 amide bonds. The molecule has 1 fully saturated rings. The first-order chi connectivity index (χ1) is 8.70. The average Bonchev–Trinajstić information content (AvgIpc) is 2.78. The highest BCUT2D eigenvalue weighted by molar-refractivity contribution is 7.80. The van der Waals surface area contributed by atoms with Crippen LogP contribution in [0.1, 0.15) is 12.5 Å². The molecule has 0 N–H and O–H groups in total. The van der Waals surface area contributed by atoms with Crippen molar-refractivity contribution in [1.29, 1.82) is 0 Å². The standard InChI is InChI=1S/C14H19NO2S/c1-11-7-15(8-13(11)10-18)14(16)17-9-12-5-3-2-4-6-12/h2-6,11,13,18H,7-10H2,1H3. The third-order valence-corrected chi connectivity index (χ3v) is 3.93. The number of hydrogen-bond donors (Lipinski definition) is 1. The van der Waals surface area contributed by atoms with Crippen LogP contribution in [0.25, 0.3) is 0 Å². The fraction of sp³-hybridized carbons (Fsp3) is 0.500. The average molecular weight is 265 g/mol. The molecule has 0 saturated carbocycles. The number of hydrogen-bond acceptors (Lipinski definition) is 3. The van der Waals surface area contributed by atoms with Crippen molar-refractivity contribution in [3.05, 3.63) is 35.9 Å². The minimum Gasteiger partial charge on any atom is -0.445 e. The third-order valence-electron chi connectivity index (χ3n) is 3.47. The smallest absolute Gasteiger partial charge is 0.410 e. The summed E-state index contributed by atoms with van der Waals surface area (Å²) in [4.78, 5) is 13.7. The first-order valence-electron chi connectivity index (χ1n) is 6.27. The van der Waals surface area contributed by atoms with Crippen molar-refractivity contribution < 1.29 is 9.53 Å². The van der Waals surface area contributed by atoms with E-state index in [-0.39, 0.29) is 6.09 Å². The largest absolute Gasteiger partial charge is 0.445 e. The Morgan fingerprint density at radius 1 is 1.39 bits per heavy atom. The summed E-state index contributed by atoms with van der Waals surface area (Å²) in [6, 6.07) is 9.74. The number of ether oxygens (including phenoxy) is 1. The molecule has 1 saturated heterocycles. The number of carbonyl (C=O) groups is 1. The Labute approximate surface area is 114 Å². The van der Waals surface area contributed by atoms with Crippen LogP contribution in [0.4, 0.5) is 4.79 Å². The van der Waals surface area contributed by atoms with E-state index in [4.69, 9.17) is 4.74 Å². The summed E-state index contributed by atoms with van der Waals surface area (Å²) in [7, 11) is 0. The van der Waals surface area contributed by atoms with E-state index in [1.165, 1.54) is 0 Å². The summed E-state index contributed by atoms with van der Waals surface area (Å²) in [5, 5.41) is 0. The summed E-state index contributed by atoms with van der Waals surface area (Å²) in [5.74, 6) is 1.81. The van der Waals surface area contributed by atoms with E-state index in [9.17, 15) is 4.79 Å². The van der Waals surface area contributed by atoms with Crippen molar-refractivity contribution >= 4 is 18.7 Å². The van der Waals surface area contributed by atoms with Gasteiger partial charge in [-0.05, 0) is 23.2 Å². The van der Waals surface area contributed by atoms with Crippen molar-refractivity contribution in [1.82, 2.24) is 4.90 Å². The lowest BCUT2D eigenvalue weighted by Gasteiger charge is -2.16. The Morgan fingerprint density at radius 2 is 2.11 bits per heavy atom. The molecule has 0 aliphatic carbocycles. The predicted molar refractivity (Wildman–Crippen MR) is 74.7 cm³/mol. The first kappa shape index (κ1) is 13.3. The van der Waals surface area contributed by atoms with E-state index in [1.807, 2.05) is 30.3 Å². The Kier molecular flexibility index (Phi) is 4.53. The molecular formula is C14H19NO2S. The highest BCUT2D eigenvalue weighted by Crippen LogP contribution is 2.24. The van der Waals surface area contributed by atoms with Crippen LogP contribution in [-0.2, 0) is 11.3 Å². The van der Waals surface area contributed by atoms with E-state index in [2.05, 4.69) is 19.6 Å². The van der Waals surface area contributed by atoms with Gasteiger partial charge < -0.3 is 9.64 Å². The molecular weight excluding hydrogens is 246 g/mol. The molecule has 0 bridgehead atoms. The van der Waals surface area contributed by atoms with Crippen molar-refractivity contribution in [2.24, 2.45) is 11.8 Å². The minimum atomic E-state index is -0.213. The number of thiol groups is 1. The Morgan fingerprint density at radius 3 is 2.72 bits per heavy atom. The van der Waals surface area contributed by atoms with Gasteiger partial charge in [-0.2, -0.15) is 12.6 Å². The van der Waals surface area contributed by atoms with Gasteiger partial charge >= 0.3 is 6.09 Å². The maximum absolute atomic E-state index is 11.9. The molecule has 2 unspecified atom stereocenters. The van der Waals surface area contributed by atoms with Gasteiger partial charge in [0.1, 0.15) is 6.61 Å². The first-order valence-corrected chi connectivity index (χ1v) is 6.90. The van der Waals surface area contributed by atoms with Crippen LogP contribution in [0.2, 0.25) is 0 Å². The molecule has 0 radical (unpaired) electrons. The molecule has 1 aliphatic heterocycles. The van der Waals surface area contributed by atoms with Gasteiger partial charge in [-0.15, -0.1) is 0 Å². The Hall–Kier alpha value is -1.16. The number of carbonyl (C=O) groups excluding carboxylic acids is 1. The molecule has 1 aromatic rings. The summed E-state index contributed by atoms with van der Waals surface area (Å²) in [6.07, 6.45) is -0.213. The van der Waals surface area contributed by atoms with Crippen LogP contribution in [-0.4, -0.2) is 29.8 Å². The highest BCUT2D eigenvalue weighted by Gasteiger charge is 2.32. The van der Waals surface area contributed by atoms with E-state index in [1.54, 1.807) is 4.90 Å². The van der Waals surface area contributed by atoms with E-state index >= 15 is 0 Å². The van der Waals surface area contributed by atoms with Gasteiger partial charge in [0.25, 0.3) is 0 Å². The van der Waals surface area contributed by atoms with Crippen molar-refractivity contribution in [2.45, 2.75) is 13.5 Å². The molecule has 2 atom stereocenters. The topological polar surface area (TPSA) is 29.5 Å². The maximum atomic E-state index is 11.9. The highest BCUT2D eigenvalue weighted by atomic mass is 32.1. The van der Waals surface area contributed by atoms with Gasteiger partial charge in [0.2, 0.25) is 0 Å². The van der Waals surface area contributed by atoms with Crippen LogP contribution in [0, 0.1) is 11.8 Å². The number of benzene rings is 1. The van der Waals surface area contributed by atoms with Crippen molar-refractivity contribution in [3.8, 4) is 0 Å². The normalized spacial score (nSPS) is 23.1. The summed E-state index contributed by atoms with van der Waals surface area (Å²) in [5.41, 5.74) is 1.02.